The number of hydrogen-bond donors (Lipinski definition) is 0. The minimum atomic E-state index is 0.949. The van der Waals surface area contributed by atoms with Crippen molar-refractivity contribution in [2.24, 2.45) is 11.8 Å². The van der Waals surface area contributed by atoms with E-state index in [-0.39, 0.29) is 0 Å². The second-order valence-electron chi connectivity index (χ2n) is 5.08. The summed E-state index contributed by atoms with van der Waals surface area (Å²) in [5.74, 6) is 1.91. The van der Waals surface area contributed by atoms with Crippen LogP contribution in [0, 0.1) is 11.8 Å². The monoisotopic (exact) mass is 186 g/mol. The van der Waals surface area contributed by atoms with Crippen LogP contribution in [-0.2, 0) is 0 Å². The van der Waals surface area contributed by atoms with Crippen LogP contribution >= 0.6 is 0 Å². The summed E-state index contributed by atoms with van der Waals surface area (Å²) >= 11 is 0. The zero-order valence-corrected chi connectivity index (χ0v) is 8.92. The molecule has 2 bridgehead atoms. The van der Waals surface area contributed by atoms with Crippen molar-refractivity contribution in [3.63, 3.8) is 0 Å². The normalized spacial score (nSPS) is 34.5. The Morgan fingerprint density at radius 2 is 2.29 bits per heavy atom. The molecule has 0 saturated heterocycles. The van der Waals surface area contributed by atoms with Crippen LogP contribution in [0.15, 0.2) is 34.9 Å². The second-order valence-corrected chi connectivity index (χ2v) is 5.08. The van der Waals surface area contributed by atoms with E-state index in [1.165, 1.54) is 37.7 Å². The first kappa shape index (κ1) is 8.52. The van der Waals surface area contributed by atoms with Gasteiger partial charge in [0.05, 0.1) is 0 Å². The summed E-state index contributed by atoms with van der Waals surface area (Å²) in [6, 6.07) is 0. The summed E-state index contributed by atoms with van der Waals surface area (Å²) < 4.78 is 0. The predicted molar refractivity (Wildman–Crippen MR) is 60.0 cm³/mol. The lowest BCUT2D eigenvalue weighted by Gasteiger charge is -2.14. The van der Waals surface area contributed by atoms with E-state index in [4.69, 9.17) is 0 Å². The molecule has 1 fully saturated rings. The molecule has 3 rings (SSSR count). The van der Waals surface area contributed by atoms with Gasteiger partial charge in [0.15, 0.2) is 0 Å². The molecular weight excluding hydrogens is 168 g/mol. The van der Waals surface area contributed by atoms with E-state index in [0.717, 1.165) is 11.8 Å². The Labute approximate surface area is 86.4 Å². The Balaban J connectivity index is 1.75. The summed E-state index contributed by atoms with van der Waals surface area (Å²) in [6.45, 7) is 2.26. The molecule has 0 aromatic heterocycles. The topological polar surface area (TPSA) is 0 Å². The highest BCUT2D eigenvalue weighted by Crippen LogP contribution is 2.46. The summed E-state index contributed by atoms with van der Waals surface area (Å²) in [7, 11) is 0. The smallest absolute Gasteiger partial charge is 0.00967 e. The lowest BCUT2D eigenvalue weighted by Crippen LogP contribution is -1.98. The summed E-state index contributed by atoms with van der Waals surface area (Å²) in [5.41, 5.74) is 4.96. The van der Waals surface area contributed by atoms with Crippen molar-refractivity contribution in [2.45, 2.75) is 39.0 Å². The van der Waals surface area contributed by atoms with Crippen LogP contribution in [0.3, 0.4) is 0 Å². The van der Waals surface area contributed by atoms with Crippen LogP contribution in [0.4, 0.5) is 0 Å². The van der Waals surface area contributed by atoms with Crippen LogP contribution in [0.1, 0.15) is 39.0 Å². The molecule has 14 heavy (non-hydrogen) atoms. The Bertz CT molecular complexity index is 341. The minimum absolute atomic E-state index is 0.949. The maximum atomic E-state index is 2.58. The van der Waals surface area contributed by atoms with Crippen molar-refractivity contribution in [2.75, 3.05) is 0 Å². The van der Waals surface area contributed by atoms with E-state index < -0.39 is 0 Å². The Morgan fingerprint density at radius 3 is 2.86 bits per heavy atom. The summed E-state index contributed by atoms with van der Waals surface area (Å²) in [6.07, 6.45) is 14.0. The molecule has 0 nitrogen and oxygen atoms in total. The average molecular weight is 186 g/mol. The molecule has 2 unspecified atom stereocenters. The Hall–Kier alpha value is -0.780. The van der Waals surface area contributed by atoms with Gasteiger partial charge in [-0.15, -0.1) is 0 Å². The fourth-order valence-corrected chi connectivity index (χ4v) is 3.26. The third-order valence-electron chi connectivity index (χ3n) is 4.15. The van der Waals surface area contributed by atoms with Crippen molar-refractivity contribution in [1.82, 2.24) is 0 Å². The fraction of sp³-hybridized carbons (Fsp3) is 0.571. The molecule has 1 saturated carbocycles. The van der Waals surface area contributed by atoms with Crippen LogP contribution in [-0.4, -0.2) is 0 Å². The van der Waals surface area contributed by atoms with Gasteiger partial charge in [-0.3, -0.25) is 0 Å². The molecule has 0 aromatic rings. The highest BCUT2D eigenvalue weighted by atomic mass is 14.4. The molecule has 0 amide bonds. The summed E-state index contributed by atoms with van der Waals surface area (Å²) in [4.78, 5) is 0. The van der Waals surface area contributed by atoms with Crippen LogP contribution < -0.4 is 0 Å². The molecule has 0 heterocycles. The molecule has 3 aliphatic rings. The first-order valence-electron chi connectivity index (χ1n) is 5.88. The lowest BCUT2D eigenvalue weighted by atomic mass is 9.91. The number of hydrogen-bond acceptors (Lipinski definition) is 0. The van der Waals surface area contributed by atoms with Crippen molar-refractivity contribution >= 4 is 0 Å². The SMILES string of the molecule is CC1=C(CC2=CC3CCC2C3)CC=C1. The van der Waals surface area contributed by atoms with Crippen LogP contribution in [0.2, 0.25) is 0 Å². The van der Waals surface area contributed by atoms with Gasteiger partial charge in [-0.05, 0) is 50.9 Å². The predicted octanol–water partition coefficient (Wildman–Crippen LogP) is 4.01. The molecule has 74 valence electrons. The molecule has 0 N–H and O–H groups in total. The average Bonchev–Trinajstić information content (AvgIpc) is 2.83. The summed E-state index contributed by atoms with van der Waals surface area (Å²) in [5, 5.41) is 0. The maximum Gasteiger partial charge on any atom is -0.00967 e. The zero-order valence-electron chi connectivity index (χ0n) is 8.92. The first-order chi connectivity index (χ1) is 6.83. The maximum absolute atomic E-state index is 2.58. The Kier molecular flexibility index (Phi) is 1.90. The molecule has 2 atom stereocenters. The van der Waals surface area contributed by atoms with Crippen molar-refractivity contribution < 1.29 is 0 Å². The van der Waals surface area contributed by atoms with Crippen molar-refractivity contribution in [1.29, 1.82) is 0 Å². The largest absolute Gasteiger partial charge is 0.0816 e. The molecular formula is C14H18. The van der Waals surface area contributed by atoms with Crippen molar-refractivity contribution in [3.05, 3.63) is 34.9 Å². The van der Waals surface area contributed by atoms with Gasteiger partial charge in [0.25, 0.3) is 0 Å². The standard InChI is InChI=1S/C14H18/c1-10-3-2-4-12(10)9-14-8-11-5-6-13(14)7-11/h2-3,8,11,13H,4-7,9H2,1H3. The van der Waals surface area contributed by atoms with Gasteiger partial charge in [-0.2, -0.15) is 0 Å². The molecule has 0 radical (unpaired) electrons. The highest BCUT2D eigenvalue weighted by Gasteiger charge is 2.32. The van der Waals surface area contributed by atoms with Gasteiger partial charge in [0.1, 0.15) is 0 Å². The lowest BCUT2D eigenvalue weighted by molar-refractivity contribution is 0.638. The third kappa shape index (κ3) is 1.28. The fourth-order valence-electron chi connectivity index (χ4n) is 3.26. The highest BCUT2D eigenvalue weighted by molar-refractivity contribution is 5.36. The van der Waals surface area contributed by atoms with E-state index in [0.29, 0.717) is 0 Å². The van der Waals surface area contributed by atoms with Gasteiger partial charge in [-0.1, -0.05) is 34.9 Å². The quantitative estimate of drug-likeness (QED) is 0.572. The van der Waals surface area contributed by atoms with E-state index in [9.17, 15) is 0 Å². The van der Waals surface area contributed by atoms with Gasteiger partial charge >= 0.3 is 0 Å². The zero-order chi connectivity index (χ0) is 9.54. The molecule has 0 aliphatic heterocycles. The third-order valence-corrected chi connectivity index (χ3v) is 4.15. The molecule has 0 spiro atoms. The molecule has 0 aromatic carbocycles. The van der Waals surface area contributed by atoms with Gasteiger partial charge < -0.3 is 0 Å². The van der Waals surface area contributed by atoms with Crippen LogP contribution in [0.5, 0.6) is 0 Å². The van der Waals surface area contributed by atoms with E-state index >= 15 is 0 Å². The van der Waals surface area contributed by atoms with E-state index in [1.54, 1.807) is 11.1 Å². The Morgan fingerprint density at radius 1 is 1.36 bits per heavy atom. The molecule has 0 heteroatoms. The van der Waals surface area contributed by atoms with Gasteiger partial charge in [0, 0.05) is 0 Å². The van der Waals surface area contributed by atoms with E-state index in [2.05, 4.69) is 25.2 Å². The number of rotatable bonds is 2. The van der Waals surface area contributed by atoms with Crippen molar-refractivity contribution in [3.8, 4) is 0 Å². The number of allylic oxidation sites excluding steroid dienone is 6. The second kappa shape index (κ2) is 3.12. The molecule has 3 aliphatic carbocycles. The van der Waals surface area contributed by atoms with Crippen LogP contribution in [0.25, 0.3) is 0 Å². The minimum Gasteiger partial charge on any atom is -0.0816 e. The van der Waals surface area contributed by atoms with Gasteiger partial charge in [-0.25, -0.2) is 0 Å². The number of fused-ring (bicyclic) bond motifs is 2. The van der Waals surface area contributed by atoms with E-state index in [1.807, 2.05) is 0 Å². The first-order valence-corrected chi connectivity index (χ1v) is 5.88. The van der Waals surface area contributed by atoms with Gasteiger partial charge in [0.2, 0.25) is 0 Å².